The molecule has 3 heteroatoms. The van der Waals surface area contributed by atoms with Crippen molar-refractivity contribution < 1.29 is 9.47 Å². The second-order valence-corrected chi connectivity index (χ2v) is 4.93. The van der Waals surface area contributed by atoms with Gasteiger partial charge in [0, 0.05) is 6.42 Å². The van der Waals surface area contributed by atoms with Crippen LogP contribution in [0.3, 0.4) is 0 Å². The number of aryl methyl sites for hydroxylation is 2. The number of para-hydroxylation sites is 1. The number of nitrogens with zero attached hydrogens (tertiary/aromatic N) is 1. The molecule has 0 aliphatic rings. The Balaban J connectivity index is 1.78. The van der Waals surface area contributed by atoms with Gasteiger partial charge in [0.25, 0.3) is 0 Å². The third kappa shape index (κ3) is 4.25. The molecule has 0 unspecified atom stereocenters. The van der Waals surface area contributed by atoms with Crippen molar-refractivity contribution in [2.24, 2.45) is 0 Å². The molecule has 0 atom stereocenters. The predicted molar refractivity (Wildman–Crippen MR) is 82.7 cm³/mol. The number of ether oxygens (including phenoxy) is 2. The van der Waals surface area contributed by atoms with E-state index in [2.05, 4.69) is 18.2 Å². The third-order valence-corrected chi connectivity index (χ3v) is 3.15. The van der Waals surface area contributed by atoms with Crippen molar-refractivity contribution in [2.75, 3.05) is 13.2 Å². The van der Waals surface area contributed by atoms with E-state index in [0.717, 1.165) is 17.7 Å². The van der Waals surface area contributed by atoms with Gasteiger partial charge >= 0.3 is 0 Å². The molecule has 21 heavy (non-hydrogen) atoms. The normalized spacial score (nSPS) is 9.95. The van der Waals surface area contributed by atoms with Crippen molar-refractivity contribution >= 4 is 0 Å². The van der Waals surface area contributed by atoms with Gasteiger partial charge in [-0.1, -0.05) is 24.3 Å². The highest BCUT2D eigenvalue weighted by Gasteiger charge is 2.02. The van der Waals surface area contributed by atoms with Crippen LogP contribution in [-0.2, 0) is 0 Å². The van der Waals surface area contributed by atoms with Crippen molar-refractivity contribution in [3.05, 3.63) is 59.2 Å². The summed E-state index contributed by atoms with van der Waals surface area (Å²) >= 11 is 0. The monoisotopic (exact) mass is 281 g/mol. The minimum absolute atomic E-state index is 0.531. The molecule has 0 aromatic heterocycles. The molecule has 0 fully saturated rings. The van der Waals surface area contributed by atoms with Gasteiger partial charge in [-0.2, -0.15) is 5.26 Å². The molecule has 108 valence electrons. The summed E-state index contributed by atoms with van der Waals surface area (Å²) in [6.07, 6.45) is 0.771. The van der Waals surface area contributed by atoms with Crippen LogP contribution in [0.5, 0.6) is 11.5 Å². The second-order valence-electron chi connectivity index (χ2n) is 4.93. The van der Waals surface area contributed by atoms with Crippen LogP contribution < -0.4 is 9.47 Å². The van der Waals surface area contributed by atoms with Gasteiger partial charge < -0.3 is 9.47 Å². The topological polar surface area (TPSA) is 42.2 Å². The average Bonchev–Trinajstić information content (AvgIpc) is 2.50. The Labute approximate surface area is 125 Å². The summed E-state index contributed by atoms with van der Waals surface area (Å²) in [5.74, 6) is 1.55. The summed E-state index contributed by atoms with van der Waals surface area (Å²) in [5.41, 5.74) is 2.89. The Morgan fingerprint density at radius 1 is 0.952 bits per heavy atom. The highest BCUT2D eigenvalue weighted by Crippen LogP contribution is 2.19. The predicted octanol–water partition coefficient (Wildman–Crippen LogP) is 4.02. The molecule has 0 saturated heterocycles. The minimum atomic E-state index is 0.531. The van der Waals surface area contributed by atoms with Crippen LogP contribution in [0.2, 0.25) is 0 Å². The summed E-state index contributed by atoms with van der Waals surface area (Å²) < 4.78 is 11.4. The zero-order valence-electron chi connectivity index (χ0n) is 12.4. The highest BCUT2D eigenvalue weighted by atomic mass is 16.5. The van der Waals surface area contributed by atoms with Gasteiger partial charge in [-0.05, 0) is 43.2 Å². The van der Waals surface area contributed by atoms with Gasteiger partial charge in [-0.25, -0.2) is 0 Å². The Bertz CT molecular complexity index is 644. The molecule has 0 bridgehead atoms. The third-order valence-electron chi connectivity index (χ3n) is 3.15. The Hall–Kier alpha value is -2.47. The number of benzene rings is 2. The Kier molecular flexibility index (Phi) is 5.22. The summed E-state index contributed by atoms with van der Waals surface area (Å²) in [7, 11) is 0. The first-order valence-electron chi connectivity index (χ1n) is 7.02. The van der Waals surface area contributed by atoms with E-state index < -0.39 is 0 Å². The molecule has 0 amide bonds. The van der Waals surface area contributed by atoms with Gasteiger partial charge in [-0.3, -0.25) is 0 Å². The van der Waals surface area contributed by atoms with E-state index in [0.29, 0.717) is 24.5 Å². The maximum absolute atomic E-state index is 8.97. The van der Waals surface area contributed by atoms with Crippen molar-refractivity contribution in [2.45, 2.75) is 20.3 Å². The molecule has 0 aliphatic heterocycles. The van der Waals surface area contributed by atoms with Gasteiger partial charge in [0.05, 0.1) is 18.8 Å². The van der Waals surface area contributed by atoms with E-state index in [1.165, 1.54) is 5.56 Å². The first-order valence-corrected chi connectivity index (χ1v) is 7.02. The lowest BCUT2D eigenvalue weighted by Crippen LogP contribution is -2.06. The molecule has 2 aromatic carbocycles. The largest absolute Gasteiger partial charge is 0.493 e. The van der Waals surface area contributed by atoms with Crippen LogP contribution in [0, 0.1) is 25.2 Å². The van der Waals surface area contributed by atoms with E-state index in [-0.39, 0.29) is 0 Å². The van der Waals surface area contributed by atoms with Crippen molar-refractivity contribution in [3.63, 3.8) is 0 Å². The molecule has 0 heterocycles. The average molecular weight is 281 g/mol. The minimum Gasteiger partial charge on any atom is -0.493 e. The number of hydrogen-bond donors (Lipinski definition) is 0. The summed E-state index contributed by atoms with van der Waals surface area (Å²) in [6, 6.07) is 15.5. The molecular formula is C18H19NO2. The zero-order chi connectivity index (χ0) is 15.1. The smallest absolute Gasteiger partial charge is 0.137 e. The van der Waals surface area contributed by atoms with Crippen LogP contribution in [0.25, 0.3) is 0 Å². The molecule has 0 aliphatic carbocycles. The Morgan fingerprint density at radius 2 is 1.67 bits per heavy atom. The van der Waals surface area contributed by atoms with Gasteiger partial charge in [0.1, 0.15) is 17.6 Å². The zero-order valence-corrected chi connectivity index (χ0v) is 12.4. The van der Waals surface area contributed by atoms with E-state index in [1.54, 1.807) is 6.07 Å². The maximum atomic E-state index is 8.97. The summed E-state index contributed by atoms with van der Waals surface area (Å²) in [5, 5.41) is 8.97. The first-order chi connectivity index (χ1) is 10.2. The highest BCUT2D eigenvalue weighted by molar-refractivity contribution is 5.42. The van der Waals surface area contributed by atoms with Crippen molar-refractivity contribution in [3.8, 4) is 17.6 Å². The van der Waals surface area contributed by atoms with Gasteiger partial charge in [0.15, 0.2) is 0 Å². The fourth-order valence-electron chi connectivity index (χ4n) is 1.97. The quantitative estimate of drug-likeness (QED) is 0.751. The molecule has 2 aromatic rings. The maximum Gasteiger partial charge on any atom is 0.137 e. The van der Waals surface area contributed by atoms with Crippen LogP contribution in [0.15, 0.2) is 42.5 Å². The van der Waals surface area contributed by atoms with Crippen LogP contribution in [-0.4, -0.2) is 13.2 Å². The first kappa shape index (κ1) is 14.9. The molecular weight excluding hydrogens is 262 g/mol. The Morgan fingerprint density at radius 3 is 2.43 bits per heavy atom. The fourth-order valence-corrected chi connectivity index (χ4v) is 1.97. The van der Waals surface area contributed by atoms with Gasteiger partial charge in [-0.15, -0.1) is 0 Å². The van der Waals surface area contributed by atoms with E-state index in [4.69, 9.17) is 14.7 Å². The fraction of sp³-hybridized carbons (Fsp3) is 0.278. The lowest BCUT2D eigenvalue weighted by atomic mass is 10.1. The SMILES string of the molecule is Cc1ccc(C)c(OCCCOc2ccccc2C#N)c1. The van der Waals surface area contributed by atoms with Crippen molar-refractivity contribution in [1.82, 2.24) is 0 Å². The van der Waals surface area contributed by atoms with Crippen LogP contribution in [0.1, 0.15) is 23.1 Å². The van der Waals surface area contributed by atoms with Crippen molar-refractivity contribution in [1.29, 1.82) is 5.26 Å². The number of nitriles is 1. The van der Waals surface area contributed by atoms with Crippen LogP contribution in [0.4, 0.5) is 0 Å². The molecule has 0 radical (unpaired) electrons. The lowest BCUT2D eigenvalue weighted by Gasteiger charge is -2.11. The molecule has 0 saturated carbocycles. The molecule has 0 spiro atoms. The number of hydrogen-bond acceptors (Lipinski definition) is 3. The molecule has 2 rings (SSSR count). The molecule has 0 N–H and O–H groups in total. The van der Waals surface area contributed by atoms with E-state index in [9.17, 15) is 0 Å². The van der Waals surface area contributed by atoms with E-state index >= 15 is 0 Å². The number of rotatable bonds is 6. The second kappa shape index (κ2) is 7.35. The molecule has 3 nitrogen and oxygen atoms in total. The standard InChI is InChI=1S/C18H19NO2/c1-14-8-9-15(2)18(12-14)21-11-5-10-20-17-7-4-3-6-16(17)13-19/h3-4,6-9,12H,5,10-11H2,1-2H3. The lowest BCUT2D eigenvalue weighted by molar-refractivity contribution is 0.246. The van der Waals surface area contributed by atoms with E-state index in [1.807, 2.05) is 38.1 Å². The van der Waals surface area contributed by atoms with Crippen LogP contribution >= 0.6 is 0 Å². The van der Waals surface area contributed by atoms with Gasteiger partial charge in [0.2, 0.25) is 0 Å². The summed E-state index contributed by atoms with van der Waals surface area (Å²) in [6.45, 7) is 5.21. The summed E-state index contributed by atoms with van der Waals surface area (Å²) in [4.78, 5) is 0.